The summed E-state index contributed by atoms with van der Waals surface area (Å²) in [5.41, 5.74) is 6.08. The molecular formula is C13H24N2OS. The molecule has 0 aromatic rings. The Morgan fingerprint density at radius 2 is 1.88 bits per heavy atom. The summed E-state index contributed by atoms with van der Waals surface area (Å²) in [4.78, 5) is 12.0. The summed E-state index contributed by atoms with van der Waals surface area (Å²) in [6.45, 7) is 0. The summed E-state index contributed by atoms with van der Waals surface area (Å²) in [7, 11) is 0. The molecule has 0 aromatic carbocycles. The average molecular weight is 256 g/mol. The lowest BCUT2D eigenvalue weighted by molar-refractivity contribution is -0.123. The van der Waals surface area contributed by atoms with E-state index >= 15 is 0 Å². The molecule has 0 atom stereocenters. The van der Waals surface area contributed by atoms with Gasteiger partial charge in [0.2, 0.25) is 5.91 Å². The van der Waals surface area contributed by atoms with E-state index in [-0.39, 0.29) is 11.4 Å². The number of hydrogen-bond acceptors (Lipinski definition) is 3. The number of amides is 1. The van der Waals surface area contributed by atoms with Gasteiger partial charge < -0.3 is 11.1 Å². The van der Waals surface area contributed by atoms with Crippen molar-refractivity contribution in [2.45, 2.75) is 62.9 Å². The van der Waals surface area contributed by atoms with Crippen LogP contribution in [0.3, 0.4) is 0 Å². The Balaban J connectivity index is 1.75. The van der Waals surface area contributed by atoms with Crippen molar-refractivity contribution in [2.75, 3.05) is 11.5 Å². The highest BCUT2D eigenvalue weighted by atomic mass is 32.2. The van der Waals surface area contributed by atoms with Gasteiger partial charge >= 0.3 is 0 Å². The lowest BCUT2D eigenvalue weighted by atomic mass is 9.80. The molecule has 98 valence electrons. The molecular weight excluding hydrogens is 232 g/mol. The minimum atomic E-state index is -0.217. The molecule has 1 aliphatic heterocycles. The number of nitrogens with one attached hydrogen (secondary N) is 1. The van der Waals surface area contributed by atoms with Crippen LogP contribution in [0.5, 0.6) is 0 Å². The summed E-state index contributed by atoms with van der Waals surface area (Å²) in [6, 6.07) is 0.399. The van der Waals surface area contributed by atoms with Gasteiger partial charge in [0, 0.05) is 18.0 Å². The van der Waals surface area contributed by atoms with Crippen LogP contribution >= 0.6 is 11.8 Å². The van der Waals surface area contributed by atoms with Crippen molar-refractivity contribution < 1.29 is 4.79 Å². The number of rotatable bonds is 3. The first kappa shape index (κ1) is 13.2. The van der Waals surface area contributed by atoms with E-state index in [4.69, 9.17) is 5.73 Å². The highest BCUT2D eigenvalue weighted by Crippen LogP contribution is 2.28. The van der Waals surface area contributed by atoms with Gasteiger partial charge in [0.15, 0.2) is 0 Å². The van der Waals surface area contributed by atoms with Crippen molar-refractivity contribution in [3.05, 3.63) is 0 Å². The van der Waals surface area contributed by atoms with Gasteiger partial charge in [-0.1, -0.05) is 19.3 Å². The van der Waals surface area contributed by atoms with Crippen molar-refractivity contribution in [2.24, 2.45) is 5.73 Å². The van der Waals surface area contributed by atoms with Gasteiger partial charge in [-0.15, -0.1) is 0 Å². The van der Waals surface area contributed by atoms with Gasteiger partial charge in [0.25, 0.3) is 0 Å². The lowest BCUT2D eigenvalue weighted by Crippen LogP contribution is -2.48. The van der Waals surface area contributed by atoms with Crippen LogP contribution < -0.4 is 11.1 Å². The number of hydrogen-bond donors (Lipinski definition) is 2. The van der Waals surface area contributed by atoms with Crippen LogP contribution in [0.4, 0.5) is 0 Å². The Morgan fingerprint density at radius 3 is 2.53 bits per heavy atom. The molecule has 0 unspecified atom stereocenters. The average Bonchev–Trinajstić information content (AvgIpc) is 2.30. The fraction of sp³-hybridized carbons (Fsp3) is 0.923. The van der Waals surface area contributed by atoms with Crippen molar-refractivity contribution in [3.63, 3.8) is 0 Å². The monoisotopic (exact) mass is 256 g/mol. The van der Waals surface area contributed by atoms with E-state index in [1.54, 1.807) is 0 Å². The fourth-order valence-electron chi connectivity index (χ4n) is 2.87. The molecule has 1 amide bonds. The van der Waals surface area contributed by atoms with Gasteiger partial charge in [-0.25, -0.2) is 0 Å². The topological polar surface area (TPSA) is 55.1 Å². The predicted molar refractivity (Wildman–Crippen MR) is 73.1 cm³/mol. The second-order valence-corrected chi connectivity index (χ2v) is 6.78. The van der Waals surface area contributed by atoms with E-state index in [2.05, 4.69) is 5.32 Å². The highest BCUT2D eigenvalue weighted by molar-refractivity contribution is 7.99. The summed E-state index contributed by atoms with van der Waals surface area (Å²) in [5.74, 6) is 2.53. The molecule has 1 saturated carbocycles. The van der Waals surface area contributed by atoms with Gasteiger partial charge in [0.05, 0.1) is 0 Å². The largest absolute Gasteiger partial charge is 0.353 e. The van der Waals surface area contributed by atoms with Gasteiger partial charge in [-0.05, 0) is 37.2 Å². The van der Waals surface area contributed by atoms with Gasteiger partial charge in [0.1, 0.15) is 0 Å². The van der Waals surface area contributed by atoms with Crippen molar-refractivity contribution in [1.82, 2.24) is 5.32 Å². The number of carbonyl (C=O) groups excluding carboxylic acids is 1. The Labute approximate surface area is 108 Å². The zero-order valence-corrected chi connectivity index (χ0v) is 11.4. The molecule has 0 radical (unpaired) electrons. The molecule has 4 heteroatoms. The quantitative estimate of drug-likeness (QED) is 0.812. The molecule has 2 aliphatic rings. The van der Waals surface area contributed by atoms with E-state index < -0.39 is 0 Å². The minimum Gasteiger partial charge on any atom is -0.353 e. The third-order valence-electron chi connectivity index (χ3n) is 3.95. The van der Waals surface area contributed by atoms with E-state index in [1.165, 1.54) is 30.8 Å². The van der Waals surface area contributed by atoms with Gasteiger partial charge in [-0.3, -0.25) is 4.79 Å². The summed E-state index contributed by atoms with van der Waals surface area (Å²) < 4.78 is 0. The maximum Gasteiger partial charge on any atom is 0.222 e. The number of nitrogens with two attached hydrogens (primary N) is 1. The molecule has 3 nitrogen and oxygen atoms in total. The third-order valence-corrected chi connectivity index (χ3v) is 5.00. The molecule has 2 fully saturated rings. The highest BCUT2D eigenvalue weighted by Gasteiger charge is 2.30. The Hall–Kier alpha value is -0.220. The third kappa shape index (κ3) is 4.18. The number of thioether (sulfide) groups is 1. The molecule has 1 heterocycles. The van der Waals surface area contributed by atoms with Crippen LogP contribution in [0.25, 0.3) is 0 Å². The smallest absolute Gasteiger partial charge is 0.222 e. The first-order valence-electron chi connectivity index (χ1n) is 6.84. The zero-order valence-electron chi connectivity index (χ0n) is 10.5. The normalized spacial score (nSPS) is 25.5. The van der Waals surface area contributed by atoms with E-state index in [9.17, 15) is 4.79 Å². The van der Waals surface area contributed by atoms with Crippen LogP contribution in [-0.2, 0) is 4.79 Å². The van der Waals surface area contributed by atoms with Crippen LogP contribution in [0.15, 0.2) is 0 Å². The molecule has 0 spiro atoms. The Bertz CT molecular complexity index is 258. The second kappa shape index (κ2) is 6.10. The van der Waals surface area contributed by atoms with Crippen molar-refractivity contribution >= 4 is 17.7 Å². The van der Waals surface area contributed by atoms with Crippen molar-refractivity contribution in [1.29, 1.82) is 0 Å². The fourth-order valence-corrected chi connectivity index (χ4v) is 3.98. The van der Waals surface area contributed by atoms with E-state index in [0.29, 0.717) is 12.5 Å². The maximum absolute atomic E-state index is 12.0. The van der Waals surface area contributed by atoms with E-state index in [0.717, 1.165) is 25.7 Å². The predicted octanol–water partition coefficient (Wildman–Crippen LogP) is 2.05. The molecule has 1 aliphatic carbocycles. The first-order chi connectivity index (χ1) is 8.18. The summed E-state index contributed by atoms with van der Waals surface area (Å²) >= 11 is 1.98. The molecule has 0 aromatic heterocycles. The van der Waals surface area contributed by atoms with Crippen LogP contribution in [0, 0.1) is 0 Å². The molecule has 2 rings (SSSR count). The zero-order chi connectivity index (χ0) is 12.1. The summed E-state index contributed by atoms with van der Waals surface area (Å²) in [5, 5.41) is 3.16. The Kier molecular flexibility index (Phi) is 4.74. The number of carbonyl (C=O) groups is 1. The molecule has 1 saturated heterocycles. The minimum absolute atomic E-state index is 0.173. The lowest BCUT2D eigenvalue weighted by Gasteiger charge is -2.33. The summed E-state index contributed by atoms with van der Waals surface area (Å²) in [6.07, 6.45) is 8.44. The standard InChI is InChI=1S/C13H24N2OS/c14-13(6-2-1-3-7-13)10-12(16)15-11-4-8-17-9-5-11/h11H,1-10,14H2,(H,15,16). The maximum atomic E-state index is 12.0. The first-order valence-corrected chi connectivity index (χ1v) is 7.99. The molecule has 0 bridgehead atoms. The Morgan fingerprint density at radius 1 is 1.24 bits per heavy atom. The SMILES string of the molecule is NC1(CC(=O)NC2CCSCC2)CCCCC1. The van der Waals surface area contributed by atoms with Crippen molar-refractivity contribution in [3.8, 4) is 0 Å². The van der Waals surface area contributed by atoms with Gasteiger partial charge in [-0.2, -0.15) is 11.8 Å². The van der Waals surface area contributed by atoms with Crippen LogP contribution in [0.2, 0.25) is 0 Å². The van der Waals surface area contributed by atoms with E-state index in [1.807, 2.05) is 11.8 Å². The van der Waals surface area contributed by atoms with Crippen LogP contribution in [-0.4, -0.2) is 29.0 Å². The molecule has 17 heavy (non-hydrogen) atoms. The molecule has 3 N–H and O–H groups in total. The van der Waals surface area contributed by atoms with Crippen LogP contribution in [0.1, 0.15) is 51.4 Å². The second-order valence-electron chi connectivity index (χ2n) is 5.55.